The molecule has 26 heavy (non-hydrogen) atoms. The molecule has 4 nitrogen and oxygen atoms in total. The van der Waals surface area contributed by atoms with Crippen molar-refractivity contribution in [3.8, 4) is 5.75 Å². The molecule has 1 heterocycles. The summed E-state index contributed by atoms with van der Waals surface area (Å²) in [5.74, 6) is 1.19. The van der Waals surface area contributed by atoms with E-state index in [0.29, 0.717) is 24.3 Å². The maximum atomic E-state index is 14.3. The highest BCUT2D eigenvalue weighted by Gasteiger charge is 2.07. The fourth-order valence-corrected chi connectivity index (χ4v) is 2.85. The van der Waals surface area contributed by atoms with Gasteiger partial charge in [0.2, 0.25) is 0 Å². The molecule has 2 aromatic rings. The summed E-state index contributed by atoms with van der Waals surface area (Å²) < 4.78 is 20.0. The zero-order chi connectivity index (χ0) is 18.2. The number of rotatable bonds is 8. The number of hydrogen-bond acceptors (Lipinski definition) is 4. The molecule has 0 spiro atoms. The average molecular weight is 355 g/mol. The summed E-state index contributed by atoms with van der Waals surface area (Å²) in [6.45, 7) is 4.47. The van der Waals surface area contributed by atoms with Gasteiger partial charge >= 0.3 is 0 Å². The van der Waals surface area contributed by atoms with Gasteiger partial charge < -0.3 is 15.4 Å². The van der Waals surface area contributed by atoms with Crippen LogP contribution in [0.1, 0.15) is 37.3 Å². The van der Waals surface area contributed by atoms with E-state index in [1.165, 1.54) is 6.07 Å². The number of ether oxygens (including phenoxy) is 1. The summed E-state index contributed by atoms with van der Waals surface area (Å²) in [6, 6.07) is 13.1. The number of halogens is 1. The van der Waals surface area contributed by atoms with Gasteiger partial charge in [0.25, 0.3) is 0 Å². The maximum absolute atomic E-state index is 14.3. The van der Waals surface area contributed by atoms with E-state index in [2.05, 4.69) is 22.5 Å². The highest BCUT2D eigenvalue weighted by atomic mass is 19.1. The van der Waals surface area contributed by atoms with E-state index in [1.54, 1.807) is 0 Å². The molecule has 0 unspecified atom stereocenters. The van der Waals surface area contributed by atoms with Crippen molar-refractivity contribution in [2.45, 2.75) is 32.6 Å². The van der Waals surface area contributed by atoms with Gasteiger partial charge in [0.1, 0.15) is 11.6 Å². The second-order valence-electron chi connectivity index (χ2n) is 6.46. The van der Waals surface area contributed by atoms with E-state index >= 15 is 0 Å². The summed E-state index contributed by atoms with van der Waals surface area (Å²) >= 11 is 0. The normalized spacial score (nSPS) is 13.2. The lowest BCUT2D eigenvalue weighted by atomic mass is 10.0. The van der Waals surface area contributed by atoms with Crippen molar-refractivity contribution in [3.05, 3.63) is 59.4 Å². The monoisotopic (exact) mass is 355 g/mol. The number of aliphatic imine (C=N–C) groups is 1. The maximum Gasteiger partial charge on any atom is 0.195 e. The van der Waals surface area contributed by atoms with Gasteiger partial charge in [-0.05, 0) is 35.7 Å². The first-order chi connectivity index (χ1) is 12.7. The van der Waals surface area contributed by atoms with Gasteiger partial charge in [-0.15, -0.1) is 0 Å². The highest BCUT2D eigenvalue weighted by molar-refractivity contribution is 5.94. The van der Waals surface area contributed by atoms with Gasteiger partial charge in [0, 0.05) is 24.7 Å². The van der Waals surface area contributed by atoms with Crippen LogP contribution < -0.4 is 15.4 Å². The molecule has 0 aromatic heterocycles. The van der Waals surface area contributed by atoms with Gasteiger partial charge in [-0.25, -0.2) is 4.39 Å². The Morgan fingerprint density at radius 2 is 2.00 bits per heavy atom. The molecule has 2 N–H and O–H groups in total. The molecule has 0 saturated carbocycles. The van der Waals surface area contributed by atoms with Crippen molar-refractivity contribution in [3.63, 3.8) is 0 Å². The third-order valence-electron chi connectivity index (χ3n) is 4.33. The second-order valence-corrected chi connectivity index (χ2v) is 6.46. The Morgan fingerprint density at radius 1 is 1.15 bits per heavy atom. The van der Waals surface area contributed by atoms with Crippen LogP contribution in [0.5, 0.6) is 5.75 Å². The number of nitrogens with one attached hydrogen (secondary N) is 2. The SMILES string of the molecule is CCCCCOc1ccc(Cc2ccc(NC3=NCCN3)cc2)c(F)c1. The highest BCUT2D eigenvalue weighted by Crippen LogP contribution is 2.21. The van der Waals surface area contributed by atoms with Crippen LogP contribution in [0.2, 0.25) is 0 Å². The molecule has 3 rings (SSSR count). The summed E-state index contributed by atoms with van der Waals surface area (Å²) in [7, 11) is 0. The van der Waals surface area contributed by atoms with E-state index in [9.17, 15) is 4.39 Å². The predicted molar refractivity (Wildman–Crippen MR) is 105 cm³/mol. The van der Waals surface area contributed by atoms with E-state index in [1.807, 2.05) is 36.4 Å². The minimum Gasteiger partial charge on any atom is -0.493 e. The zero-order valence-electron chi connectivity index (χ0n) is 15.2. The van der Waals surface area contributed by atoms with Gasteiger partial charge in [-0.3, -0.25) is 4.99 Å². The average Bonchev–Trinajstić information content (AvgIpc) is 3.15. The van der Waals surface area contributed by atoms with Crippen LogP contribution in [0, 0.1) is 5.82 Å². The number of unbranched alkanes of at least 4 members (excludes halogenated alkanes) is 2. The summed E-state index contributed by atoms with van der Waals surface area (Å²) in [5.41, 5.74) is 2.71. The zero-order valence-corrected chi connectivity index (χ0v) is 15.2. The molecule has 138 valence electrons. The largest absolute Gasteiger partial charge is 0.493 e. The van der Waals surface area contributed by atoms with Crippen LogP contribution in [-0.2, 0) is 6.42 Å². The molecule has 0 saturated heterocycles. The van der Waals surface area contributed by atoms with Gasteiger partial charge in [0.15, 0.2) is 5.96 Å². The molecule has 5 heteroatoms. The number of nitrogens with zero attached hydrogens (tertiary/aromatic N) is 1. The lowest BCUT2D eigenvalue weighted by Gasteiger charge is -2.10. The Kier molecular flexibility index (Phi) is 6.47. The van der Waals surface area contributed by atoms with Crippen molar-refractivity contribution in [1.29, 1.82) is 0 Å². The van der Waals surface area contributed by atoms with E-state index in [0.717, 1.165) is 49.6 Å². The van der Waals surface area contributed by atoms with Gasteiger partial charge in [-0.2, -0.15) is 0 Å². The molecule has 1 aliphatic heterocycles. The Morgan fingerprint density at radius 3 is 2.69 bits per heavy atom. The van der Waals surface area contributed by atoms with E-state index in [-0.39, 0.29) is 5.82 Å². The van der Waals surface area contributed by atoms with Crippen LogP contribution in [0.15, 0.2) is 47.5 Å². The standard InChI is InChI=1S/C21H26FN3O/c1-2-3-4-13-26-19-10-7-17(20(22)15-19)14-16-5-8-18(9-6-16)25-21-23-11-12-24-21/h5-10,15H,2-4,11-14H2,1H3,(H2,23,24,25). The Bertz CT molecular complexity index is 743. The van der Waals surface area contributed by atoms with Crippen LogP contribution in [0.25, 0.3) is 0 Å². The molecule has 0 fully saturated rings. The lowest BCUT2D eigenvalue weighted by molar-refractivity contribution is 0.304. The minimum atomic E-state index is -0.218. The van der Waals surface area contributed by atoms with Crippen molar-refractivity contribution in [2.24, 2.45) is 4.99 Å². The second kappa shape index (κ2) is 9.22. The molecular weight excluding hydrogens is 329 g/mol. The quantitative estimate of drug-likeness (QED) is 0.692. The van der Waals surface area contributed by atoms with Crippen molar-refractivity contribution >= 4 is 11.6 Å². The fraction of sp³-hybridized carbons (Fsp3) is 0.381. The van der Waals surface area contributed by atoms with Crippen molar-refractivity contribution in [1.82, 2.24) is 5.32 Å². The van der Waals surface area contributed by atoms with Crippen LogP contribution in [0.3, 0.4) is 0 Å². The fourth-order valence-electron chi connectivity index (χ4n) is 2.85. The van der Waals surface area contributed by atoms with Crippen molar-refractivity contribution in [2.75, 3.05) is 25.0 Å². The first-order valence-corrected chi connectivity index (χ1v) is 9.30. The number of benzene rings is 2. The third-order valence-corrected chi connectivity index (χ3v) is 4.33. The first kappa shape index (κ1) is 18.2. The molecule has 2 aromatic carbocycles. The third kappa shape index (κ3) is 5.22. The molecule has 0 bridgehead atoms. The molecule has 0 atom stereocenters. The first-order valence-electron chi connectivity index (χ1n) is 9.30. The molecule has 0 radical (unpaired) electrons. The Labute approximate surface area is 154 Å². The summed E-state index contributed by atoms with van der Waals surface area (Å²) in [6.07, 6.45) is 3.84. The number of hydrogen-bond donors (Lipinski definition) is 2. The topological polar surface area (TPSA) is 45.6 Å². The number of anilines is 1. The van der Waals surface area contributed by atoms with Crippen LogP contribution in [0.4, 0.5) is 10.1 Å². The smallest absolute Gasteiger partial charge is 0.195 e. The van der Waals surface area contributed by atoms with E-state index < -0.39 is 0 Å². The van der Waals surface area contributed by atoms with Crippen molar-refractivity contribution < 1.29 is 9.13 Å². The summed E-state index contributed by atoms with van der Waals surface area (Å²) in [4.78, 5) is 4.31. The van der Waals surface area contributed by atoms with Gasteiger partial charge in [0.05, 0.1) is 13.2 Å². The lowest BCUT2D eigenvalue weighted by Crippen LogP contribution is -2.26. The van der Waals surface area contributed by atoms with Gasteiger partial charge in [-0.1, -0.05) is 38.0 Å². The van der Waals surface area contributed by atoms with Crippen LogP contribution >= 0.6 is 0 Å². The Balaban J connectivity index is 1.56. The molecule has 0 amide bonds. The molecule has 0 aliphatic carbocycles. The predicted octanol–water partition coefficient (Wildman–Crippen LogP) is 4.36. The Hall–Kier alpha value is -2.56. The van der Waals surface area contributed by atoms with E-state index in [4.69, 9.17) is 4.74 Å². The molecular formula is C21H26FN3O. The summed E-state index contributed by atoms with van der Waals surface area (Å²) in [5, 5.41) is 6.40. The van der Waals surface area contributed by atoms with Crippen LogP contribution in [-0.4, -0.2) is 25.7 Å². The molecule has 1 aliphatic rings. The number of guanidine groups is 1. The minimum absolute atomic E-state index is 0.218.